The van der Waals surface area contributed by atoms with E-state index in [1.54, 1.807) is 49.1 Å². The Labute approximate surface area is 352 Å². The van der Waals surface area contributed by atoms with Gasteiger partial charge in [0.1, 0.15) is 48.4 Å². The lowest BCUT2D eigenvalue weighted by Crippen LogP contribution is -2.66. The van der Waals surface area contributed by atoms with Gasteiger partial charge in [0.25, 0.3) is 5.91 Å². The van der Waals surface area contributed by atoms with Crippen LogP contribution in [0.15, 0.2) is 77.8 Å². The highest BCUT2D eigenvalue weighted by Gasteiger charge is 2.48. The number of aliphatic hydroxyl groups excluding tert-OH is 2. The lowest BCUT2D eigenvalue weighted by Gasteiger charge is -2.44. The fourth-order valence-electron chi connectivity index (χ4n) is 7.36. The molecule has 3 aliphatic heterocycles. The molecule has 1 fully saturated rings. The Bertz CT molecular complexity index is 2170. The van der Waals surface area contributed by atoms with Crippen molar-refractivity contribution in [1.82, 2.24) is 20.9 Å². The summed E-state index contributed by atoms with van der Waals surface area (Å²) in [6.45, 7) is 5.67. The number of benzene rings is 3. The highest BCUT2D eigenvalue weighted by atomic mass is 16.7. The number of amidine groups is 1. The molecule has 3 heterocycles. The standard InChI is InChI=1S/C43H51N7O11/c1-22(2)34(49-40(56)23(3)60-37-35(45-24(4)52)43(61-32(20-51)36(37)54)59-21-25-10-6-5-7-11-25)41(57)48-31(38(44)55)16-17-33(53)46-27-14-15-30-26(18-27)19-50-39(47-30)28-12-8-9-13-29(28)42(50)58/h5-15,18,22-23,31-32,34-37,43,51,54H,16-17,19-21H2,1-4H3,(H2,44,55)(H,45,52)(H,46,53)(H,48,57)(H,49,56)/t23?,31-,32-,34+,35-,36-,37-,43+/m1/s1. The van der Waals surface area contributed by atoms with E-state index in [9.17, 15) is 39.0 Å². The second kappa shape index (κ2) is 19.6. The summed E-state index contributed by atoms with van der Waals surface area (Å²) < 4.78 is 17.8. The van der Waals surface area contributed by atoms with Crippen LogP contribution in [0.3, 0.4) is 0 Å². The molecule has 1 saturated heterocycles. The lowest BCUT2D eigenvalue weighted by molar-refractivity contribution is -0.283. The highest BCUT2D eigenvalue weighted by Crippen LogP contribution is 2.35. The van der Waals surface area contributed by atoms with Crippen molar-refractivity contribution in [3.8, 4) is 0 Å². The molecule has 3 aromatic carbocycles. The van der Waals surface area contributed by atoms with Crippen molar-refractivity contribution in [3.63, 3.8) is 0 Å². The van der Waals surface area contributed by atoms with Crippen LogP contribution >= 0.6 is 0 Å². The maximum absolute atomic E-state index is 13.6. The number of ether oxygens (including phenoxy) is 3. The molecule has 0 spiro atoms. The molecule has 324 valence electrons. The molecule has 6 amide bonds. The van der Waals surface area contributed by atoms with Gasteiger partial charge in [0.15, 0.2) is 6.29 Å². The summed E-state index contributed by atoms with van der Waals surface area (Å²) in [7, 11) is 0. The van der Waals surface area contributed by atoms with Crippen molar-refractivity contribution in [2.75, 3.05) is 11.9 Å². The van der Waals surface area contributed by atoms with Gasteiger partial charge < -0.3 is 51.4 Å². The van der Waals surface area contributed by atoms with Crippen molar-refractivity contribution >= 4 is 52.7 Å². The fourth-order valence-corrected chi connectivity index (χ4v) is 7.36. The lowest BCUT2D eigenvalue weighted by atomic mass is 9.96. The molecule has 0 aliphatic carbocycles. The Morgan fingerprint density at radius 1 is 0.967 bits per heavy atom. The topological polar surface area (TPSA) is 260 Å². The average molecular weight is 842 g/mol. The highest BCUT2D eigenvalue weighted by molar-refractivity contribution is 6.24. The van der Waals surface area contributed by atoms with Gasteiger partial charge in [-0.25, -0.2) is 4.99 Å². The Hall–Kier alpha value is -6.05. The van der Waals surface area contributed by atoms with E-state index in [-0.39, 0.29) is 31.9 Å². The third-order valence-electron chi connectivity index (χ3n) is 10.6. The Balaban J connectivity index is 1.04. The molecule has 0 bridgehead atoms. The van der Waals surface area contributed by atoms with Gasteiger partial charge in [-0.05, 0) is 54.7 Å². The van der Waals surface area contributed by atoms with E-state index in [1.807, 2.05) is 42.5 Å². The number of primary amides is 1. The number of fused-ring (bicyclic) bond motifs is 4. The normalized spacial score (nSPS) is 21.8. The van der Waals surface area contributed by atoms with Gasteiger partial charge in [0.05, 0.1) is 31.0 Å². The number of nitrogens with two attached hydrogens (primary N) is 1. The van der Waals surface area contributed by atoms with E-state index < -0.39 is 90.9 Å². The Morgan fingerprint density at radius 2 is 1.67 bits per heavy atom. The molecule has 18 heteroatoms. The van der Waals surface area contributed by atoms with Crippen LogP contribution in [-0.2, 0) is 51.3 Å². The number of hydrogen-bond donors (Lipinski definition) is 7. The molecule has 61 heavy (non-hydrogen) atoms. The second-order valence-electron chi connectivity index (χ2n) is 15.5. The van der Waals surface area contributed by atoms with Crippen LogP contribution in [0.2, 0.25) is 0 Å². The van der Waals surface area contributed by atoms with Gasteiger partial charge in [0.2, 0.25) is 29.5 Å². The maximum Gasteiger partial charge on any atom is 0.260 e. The van der Waals surface area contributed by atoms with E-state index in [1.165, 1.54) is 13.8 Å². The maximum atomic E-state index is 13.6. The molecule has 18 nitrogen and oxygen atoms in total. The monoisotopic (exact) mass is 841 g/mol. The molecule has 3 aliphatic rings. The minimum absolute atomic E-state index is 0.0608. The third-order valence-corrected chi connectivity index (χ3v) is 10.6. The molecular formula is C43H51N7O11. The number of nitrogens with zero attached hydrogens (tertiary/aromatic N) is 2. The van der Waals surface area contributed by atoms with E-state index in [2.05, 4.69) is 26.3 Å². The van der Waals surface area contributed by atoms with E-state index in [0.29, 0.717) is 22.8 Å². The largest absolute Gasteiger partial charge is 0.394 e. The molecule has 8 atom stereocenters. The van der Waals surface area contributed by atoms with Crippen LogP contribution in [0, 0.1) is 5.92 Å². The number of carbonyl (C=O) groups excluding carboxylic acids is 6. The summed E-state index contributed by atoms with van der Waals surface area (Å²) in [5.74, 6) is -3.45. The van der Waals surface area contributed by atoms with Gasteiger partial charge >= 0.3 is 0 Å². The van der Waals surface area contributed by atoms with Crippen molar-refractivity contribution in [3.05, 3.63) is 95.1 Å². The fraction of sp³-hybridized carbons (Fsp3) is 0.419. The number of nitrogens with one attached hydrogen (secondary N) is 4. The predicted molar refractivity (Wildman–Crippen MR) is 220 cm³/mol. The van der Waals surface area contributed by atoms with Gasteiger partial charge in [-0.3, -0.25) is 33.7 Å². The Kier molecular flexibility index (Phi) is 14.3. The van der Waals surface area contributed by atoms with Crippen LogP contribution < -0.4 is 27.0 Å². The van der Waals surface area contributed by atoms with Crippen LogP contribution in [0.1, 0.15) is 67.6 Å². The summed E-state index contributed by atoms with van der Waals surface area (Å²) in [6, 6.07) is 17.9. The number of aliphatic imine (C=N–C) groups is 1. The molecule has 1 unspecified atom stereocenters. The molecular weight excluding hydrogens is 791 g/mol. The summed E-state index contributed by atoms with van der Waals surface area (Å²) in [5.41, 5.74) is 9.61. The summed E-state index contributed by atoms with van der Waals surface area (Å²) >= 11 is 0. The van der Waals surface area contributed by atoms with Gasteiger partial charge in [0, 0.05) is 24.6 Å². The summed E-state index contributed by atoms with van der Waals surface area (Å²) in [5, 5.41) is 31.8. The summed E-state index contributed by atoms with van der Waals surface area (Å²) in [4.78, 5) is 84.2. The number of rotatable bonds is 17. The van der Waals surface area contributed by atoms with Crippen molar-refractivity contribution in [2.24, 2.45) is 16.6 Å². The van der Waals surface area contributed by atoms with E-state index in [4.69, 9.17) is 19.9 Å². The number of aliphatic hydroxyl groups is 2. The minimum Gasteiger partial charge on any atom is -0.394 e. The first-order valence-corrected chi connectivity index (χ1v) is 20.0. The first-order chi connectivity index (χ1) is 29.1. The van der Waals surface area contributed by atoms with E-state index in [0.717, 1.165) is 16.7 Å². The average Bonchev–Trinajstić information content (AvgIpc) is 3.51. The zero-order valence-electron chi connectivity index (χ0n) is 34.2. The first kappa shape index (κ1) is 44.5. The Morgan fingerprint density at radius 3 is 2.34 bits per heavy atom. The summed E-state index contributed by atoms with van der Waals surface area (Å²) in [6.07, 6.45) is -6.87. The van der Waals surface area contributed by atoms with Crippen molar-refractivity contribution in [2.45, 2.75) is 103 Å². The number of carbonyl (C=O) groups is 6. The van der Waals surface area contributed by atoms with Crippen LogP contribution in [0.5, 0.6) is 0 Å². The predicted octanol–water partition coefficient (Wildman–Crippen LogP) is 1.14. The molecule has 6 rings (SSSR count). The SMILES string of the molecule is CC(=O)N[C@H]1[C@@H](OCc2ccccc2)O[C@H](CO)[C@@H](O)[C@@H]1OC(C)C(=O)N[C@H](C(=O)N[C@H](CCC(=O)Nc1ccc2c(c1)CN1C(=O)c3ccccc3C1=N2)C(N)=O)C(C)C. The zero-order valence-corrected chi connectivity index (χ0v) is 34.2. The molecule has 8 N–H and O–H groups in total. The van der Waals surface area contributed by atoms with Gasteiger partial charge in [-0.1, -0.05) is 62.4 Å². The van der Waals surface area contributed by atoms with Gasteiger partial charge in [-0.2, -0.15) is 0 Å². The third kappa shape index (κ3) is 10.5. The van der Waals surface area contributed by atoms with Crippen LogP contribution in [0.4, 0.5) is 11.4 Å². The van der Waals surface area contributed by atoms with Crippen LogP contribution in [0.25, 0.3) is 0 Å². The number of anilines is 1. The molecule has 3 aromatic rings. The molecule has 0 radical (unpaired) electrons. The van der Waals surface area contributed by atoms with Crippen molar-refractivity contribution in [1.29, 1.82) is 0 Å². The van der Waals surface area contributed by atoms with Gasteiger partial charge in [-0.15, -0.1) is 0 Å². The quantitative estimate of drug-likeness (QED) is 0.101. The van der Waals surface area contributed by atoms with E-state index >= 15 is 0 Å². The smallest absolute Gasteiger partial charge is 0.260 e. The van der Waals surface area contributed by atoms with Crippen LogP contribution in [-0.4, -0.2) is 112 Å². The molecule has 0 saturated carbocycles. The first-order valence-electron chi connectivity index (χ1n) is 20.0. The second-order valence-corrected chi connectivity index (χ2v) is 15.5. The van der Waals surface area contributed by atoms with Crippen molar-refractivity contribution < 1.29 is 53.2 Å². The zero-order chi connectivity index (χ0) is 44.0. The number of hydrogen-bond acceptors (Lipinski definition) is 12. The molecule has 0 aromatic heterocycles. The minimum atomic E-state index is -1.50. The number of amides is 6.